The summed E-state index contributed by atoms with van der Waals surface area (Å²) in [6, 6.07) is 13.0. The Bertz CT molecular complexity index is 883. The molecule has 2 N–H and O–H groups in total. The van der Waals surface area contributed by atoms with Gasteiger partial charge in [0.15, 0.2) is 0 Å². The Morgan fingerprint density at radius 3 is 2.64 bits per heavy atom. The third kappa shape index (κ3) is 4.05. The van der Waals surface area contributed by atoms with Crippen molar-refractivity contribution in [2.75, 3.05) is 6.54 Å². The van der Waals surface area contributed by atoms with Crippen molar-refractivity contribution in [2.24, 2.45) is 0 Å². The van der Waals surface area contributed by atoms with Gasteiger partial charge in [0.25, 0.3) is 0 Å². The molecule has 1 aliphatic rings. The van der Waals surface area contributed by atoms with Gasteiger partial charge in [0.1, 0.15) is 10.7 Å². The molecule has 0 saturated heterocycles. The van der Waals surface area contributed by atoms with Gasteiger partial charge >= 0.3 is 0 Å². The number of carbonyl (C=O) groups excluding carboxylic acids is 1. The average Bonchev–Trinajstić information content (AvgIpc) is 2.98. The number of hydrogen-bond acceptors (Lipinski definition) is 3. The van der Waals surface area contributed by atoms with Crippen LogP contribution in [0, 0.1) is 5.82 Å². The van der Waals surface area contributed by atoms with Crippen molar-refractivity contribution in [3.63, 3.8) is 0 Å². The van der Waals surface area contributed by atoms with E-state index in [9.17, 15) is 17.6 Å². The van der Waals surface area contributed by atoms with Crippen LogP contribution in [0.2, 0.25) is 0 Å². The van der Waals surface area contributed by atoms with Crippen LogP contribution in [-0.2, 0) is 21.2 Å². The normalized spacial score (nSPS) is 16.4. The van der Waals surface area contributed by atoms with Crippen LogP contribution in [0.3, 0.4) is 0 Å². The van der Waals surface area contributed by atoms with Crippen molar-refractivity contribution >= 4 is 15.9 Å². The summed E-state index contributed by atoms with van der Waals surface area (Å²) < 4.78 is 40.0. The molecule has 0 aliphatic heterocycles. The highest BCUT2D eigenvalue weighted by Crippen LogP contribution is 2.30. The summed E-state index contributed by atoms with van der Waals surface area (Å²) in [4.78, 5) is 11.7. The van der Waals surface area contributed by atoms with E-state index < -0.39 is 20.7 Å². The monoisotopic (exact) mass is 362 g/mol. The van der Waals surface area contributed by atoms with Gasteiger partial charge in [0, 0.05) is 13.0 Å². The molecule has 5 nitrogen and oxygen atoms in total. The van der Waals surface area contributed by atoms with Crippen LogP contribution in [0.5, 0.6) is 0 Å². The Morgan fingerprint density at radius 1 is 1.12 bits per heavy atom. The number of fused-ring (bicyclic) bond motifs is 1. The Hall–Kier alpha value is -2.25. The molecule has 0 spiro atoms. The Kier molecular flexibility index (Phi) is 5.15. The van der Waals surface area contributed by atoms with E-state index in [1.807, 2.05) is 24.3 Å². The molecule has 1 unspecified atom stereocenters. The van der Waals surface area contributed by atoms with Crippen LogP contribution >= 0.6 is 0 Å². The fourth-order valence-corrected chi connectivity index (χ4v) is 4.12. The van der Waals surface area contributed by atoms with E-state index in [1.54, 1.807) is 0 Å². The molecule has 0 aromatic heterocycles. The lowest BCUT2D eigenvalue weighted by atomic mass is 10.1. The zero-order chi connectivity index (χ0) is 17.9. The van der Waals surface area contributed by atoms with Crippen molar-refractivity contribution in [2.45, 2.75) is 30.2 Å². The minimum absolute atomic E-state index is 0.00759. The molecular formula is C18H19FN2O3S. The first-order chi connectivity index (χ1) is 12.0. The largest absolute Gasteiger partial charge is 0.349 e. The number of nitrogens with one attached hydrogen (secondary N) is 2. The topological polar surface area (TPSA) is 75.3 Å². The third-order valence-corrected chi connectivity index (χ3v) is 5.73. The Balaban J connectivity index is 1.53. The average molecular weight is 362 g/mol. The smallest absolute Gasteiger partial charge is 0.243 e. The fraction of sp³-hybridized carbons (Fsp3) is 0.278. The van der Waals surface area contributed by atoms with E-state index in [1.165, 1.54) is 23.8 Å². The predicted octanol–water partition coefficient (Wildman–Crippen LogP) is 2.30. The number of aryl methyl sites for hydroxylation is 1. The molecule has 2 aromatic carbocycles. The van der Waals surface area contributed by atoms with E-state index in [-0.39, 0.29) is 24.9 Å². The molecule has 3 rings (SSSR count). The van der Waals surface area contributed by atoms with E-state index in [2.05, 4.69) is 10.0 Å². The first kappa shape index (κ1) is 17.6. The molecule has 2 aromatic rings. The van der Waals surface area contributed by atoms with Gasteiger partial charge in [-0.2, -0.15) is 0 Å². The fourth-order valence-electron chi connectivity index (χ4n) is 3.01. The molecule has 25 heavy (non-hydrogen) atoms. The molecule has 0 saturated carbocycles. The molecule has 0 radical (unpaired) electrons. The van der Waals surface area contributed by atoms with Crippen LogP contribution < -0.4 is 10.0 Å². The van der Waals surface area contributed by atoms with Crippen LogP contribution in [0.4, 0.5) is 4.39 Å². The summed E-state index contributed by atoms with van der Waals surface area (Å²) in [6.45, 7) is -0.0864. The zero-order valence-corrected chi connectivity index (χ0v) is 14.4. The summed E-state index contributed by atoms with van der Waals surface area (Å²) in [6.07, 6.45) is 1.75. The van der Waals surface area contributed by atoms with Gasteiger partial charge in [-0.15, -0.1) is 0 Å². The van der Waals surface area contributed by atoms with Gasteiger partial charge in [0.2, 0.25) is 15.9 Å². The number of sulfonamides is 1. The maximum Gasteiger partial charge on any atom is 0.243 e. The van der Waals surface area contributed by atoms with Gasteiger partial charge < -0.3 is 5.32 Å². The van der Waals surface area contributed by atoms with Crippen LogP contribution in [0.15, 0.2) is 53.4 Å². The van der Waals surface area contributed by atoms with E-state index in [0.29, 0.717) is 0 Å². The zero-order valence-electron chi connectivity index (χ0n) is 13.5. The van der Waals surface area contributed by atoms with E-state index in [4.69, 9.17) is 0 Å². The molecule has 1 aliphatic carbocycles. The van der Waals surface area contributed by atoms with E-state index in [0.717, 1.165) is 24.5 Å². The van der Waals surface area contributed by atoms with Gasteiger partial charge in [-0.3, -0.25) is 4.79 Å². The van der Waals surface area contributed by atoms with Gasteiger partial charge in [-0.1, -0.05) is 36.4 Å². The summed E-state index contributed by atoms with van der Waals surface area (Å²) in [5.41, 5.74) is 2.34. The van der Waals surface area contributed by atoms with Crippen molar-refractivity contribution in [1.82, 2.24) is 10.0 Å². The molecule has 0 bridgehead atoms. The summed E-state index contributed by atoms with van der Waals surface area (Å²) in [5.74, 6) is -1.06. The number of hydrogen-bond donors (Lipinski definition) is 2. The Labute approximate surface area is 146 Å². The van der Waals surface area contributed by atoms with Crippen LogP contribution in [0.1, 0.15) is 30.0 Å². The standard InChI is InChI=1S/C18H19FN2O3S/c19-15-7-3-4-8-17(15)25(23,24)20-12-11-18(22)21-16-10-9-13-5-1-2-6-14(13)16/h1-8,16,20H,9-12H2,(H,21,22). The highest BCUT2D eigenvalue weighted by molar-refractivity contribution is 7.89. The van der Waals surface area contributed by atoms with Crippen molar-refractivity contribution in [3.8, 4) is 0 Å². The number of carbonyl (C=O) groups is 1. The number of amides is 1. The van der Waals surface area contributed by atoms with Gasteiger partial charge in [-0.05, 0) is 36.1 Å². The minimum Gasteiger partial charge on any atom is -0.349 e. The molecule has 0 heterocycles. The van der Waals surface area contributed by atoms with Crippen molar-refractivity contribution in [3.05, 3.63) is 65.5 Å². The predicted molar refractivity (Wildman–Crippen MR) is 91.9 cm³/mol. The number of benzene rings is 2. The van der Waals surface area contributed by atoms with E-state index >= 15 is 0 Å². The molecule has 132 valence electrons. The van der Waals surface area contributed by atoms with Crippen molar-refractivity contribution in [1.29, 1.82) is 0 Å². The summed E-state index contributed by atoms with van der Waals surface area (Å²) in [5, 5.41) is 2.92. The first-order valence-corrected chi connectivity index (χ1v) is 9.57. The van der Waals surface area contributed by atoms with Crippen LogP contribution in [0.25, 0.3) is 0 Å². The quantitative estimate of drug-likeness (QED) is 0.828. The lowest BCUT2D eigenvalue weighted by Crippen LogP contribution is -2.32. The second-order valence-corrected chi connectivity index (χ2v) is 7.67. The number of halogens is 1. The minimum atomic E-state index is -3.97. The van der Waals surface area contributed by atoms with Gasteiger partial charge in [-0.25, -0.2) is 17.5 Å². The molecule has 0 fully saturated rings. The SMILES string of the molecule is O=C(CCNS(=O)(=O)c1ccccc1F)NC1CCc2ccccc21. The van der Waals surface area contributed by atoms with Gasteiger partial charge in [0.05, 0.1) is 6.04 Å². The second-order valence-electron chi connectivity index (χ2n) is 5.94. The third-order valence-electron chi connectivity index (χ3n) is 4.24. The van der Waals surface area contributed by atoms with Crippen LogP contribution in [-0.4, -0.2) is 20.9 Å². The summed E-state index contributed by atoms with van der Waals surface area (Å²) in [7, 11) is -3.97. The second kappa shape index (κ2) is 7.33. The molecule has 1 amide bonds. The lowest BCUT2D eigenvalue weighted by Gasteiger charge is -2.14. The first-order valence-electron chi connectivity index (χ1n) is 8.09. The highest BCUT2D eigenvalue weighted by atomic mass is 32.2. The molecular weight excluding hydrogens is 343 g/mol. The molecule has 1 atom stereocenters. The molecule has 7 heteroatoms. The number of rotatable bonds is 6. The summed E-state index contributed by atoms with van der Waals surface area (Å²) >= 11 is 0. The maximum absolute atomic E-state index is 13.6. The lowest BCUT2D eigenvalue weighted by molar-refractivity contribution is -0.121. The maximum atomic E-state index is 13.6. The van der Waals surface area contributed by atoms with Crippen molar-refractivity contribution < 1.29 is 17.6 Å². The highest BCUT2D eigenvalue weighted by Gasteiger charge is 2.23. The Morgan fingerprint density at radius 2 is 1.84 bits per heavy atom.